The lowest BCUT2D eigenvalue weighted by atomic mass is 9.74. The maximum atomic E-state index is 13.4. The zero-order valence-electron chi connectivity index (χ0n) is 22.4. The summed E-state index contributed by atoms with van der Waals surface area (Å²) in [5.74, 6) is 0.458. The fourth-order valence-corrected chi connectivity index (χ4v) is 5.30. The number of rotatable bonds is 11. The van der Waals surface area contributed by atoms with Crippen molar-refractivity contribution in [3.63, 3.8) is 0 Å². The van der Waals surface area contributed by atoms with Gasteiger partial charge in [0.15, 0.2) is 0 Å². The summed E-state index contributed by atoms with van der Waals surface area (Å²) in [5.41, 5.74) is 8.72. The molecule has 4 rings (SSSR count). The summed E-state index contributed by atoms with van der Waals surface area (Å²) in [7, 11) is 0. The maximum absolute atomic E-state index is 13.4. The second-order valence-electron chi connectivity index (χ2n) is 10.1. The van der Waals surface area contributed by atoms with Crippen LogP contribution in [0.1, 0.15) is 60.8 Å². The Morgan fingerprint density at radius 2 is 1.62 bits per heavy atom. The van der Waals surface area contributed by atoms with Crippen molar-refractivity contribution in [1.29, 1.82) is 0 Å². The summed E-state index contributed by atoms with van der Waals surface area (Å²) in [4.78, 5) is 27.9. The Labute approximate surface area is 231 Å². The first-order chi connectivity index (χ1) is 19.1. The van der Waals surface area contributed by atoms with Crippen LogP contribution in [0.4, 0.5) is 4.79 Å². The van der Waals surface area contributed by atoms with E-state index in [1.165, 1.54) is 0 Å². The number of para-hydroxylation sites is 1. The lowest BCUT2D eigenvalue weighted by Gasteiger charge is -2.32. The van der Waals surface area contributed by atoms with Crippen LogP contribution in [0.25, 0.3) is 0 Å². The van der Waals surface area contributed by atoms with E-state index in [2.05, 4.69) is 17.4 Å². The Kier molecular flexibility index (Phi) is 10.5. The molecule has 0 spiro atoms. The standard InChI is InChI=1S/C32H39N3O4/c33-20-9-21-35(32(38)39-27-12-5-2-6-13-27)22-24-16-18-25(19-17-24)28-14-7-8-15-29(28)31(37)34-30(23-36)26-10-3-1-4-11-26/h1-6,10-13,16-19,28-30,36H,7-9,14-15,20-23,33H2,(H,34,37). The Hall–Kier alpha value is -3.68. The van der Waals surface area contributed by atoms with Crippen molar-refractivity contribution in [1.82, 2.24) is 10.2 Å². The molecule has 0 radical (unpaired) electrons. The molecule has 0 bridgehead atoms. The molecule has 3 aromatic carbocycles. The van der Waals surface area contributed by atoms with Crippen LogP contribution in [-0.4, -0.2) is 41.7 Å². The van der Waals surface area contributed by atoms with E-state index in [1.54, 1.807) is 17.0 Å². The van der Waals surface area contributed by atoms with Gasteiger partial charge in [0.05, 0.1) is 12.6 Å². The van der Waals surface area contributed by atoms with E-state index < -0.39 is 12.1 Å². The van der Waals surface area contributed by atoms with Crippen LogP contribution in [-0.2, 0) is 11.3 Å². The van der Waals surface area contributed by atoms with E-state index in [9.17, 15) is 14.7 Å². The first-order valence-electron chi connectivity index (χ1n) is 13.9. The van der Waals surface area contributed by atoms with Gasteiger partial charge in [0.2, 0.25) is 5.91 Å². The van der Waals surface area contributed by atoms with Gasteiger partial charge >= 0.3 is 6.09 Å². The highest BCUT2D eigenvalue weighted by Gasteiger charge is 2.33. The van der Waals surface area contributed by atoms with Crippen LogP contribution in [0, 0.1) is 5.92 Å². The molecule has 7 nitrogen and oxygen atoms in total. The number of nitrogens with one attached hydrogen (secondary N) is 1. The van der Waals surface area contributed by atoms with Crippen molar-refractivity contribution in [2.75, 3.05) is 19.7 Å². The van der Waals surface area contributed by atoms with E-state index in [4.69, 9.17) is 10.5 Å². The number of benzene rings is 3. The molecular weight excluding hydrogens is 490 g/mol. The number of aliphatic hydroxyl groups excluding tert-OH is 1. The van der Waals surface area contributed by atoms with E-state index >= 15 is 0 Å². The number of nitrogens with two attached hydrogens (primary N) is 1. The van der Waals surface area contributed by atoms with Gasteiger partial charge in [-0.2, -0.15) is 0 Å². The monoisotopic (exact) mass is 529 g/mol. The topological polar surface area (TPSA) is 105 Å². The molecule has 4 N–H and O–H groups in total. The molecule has 1 saturated carbocycles. The van der Waals surface area contributed by atoms with Crippen LogP contribution in [0.3, 0.4) is 0 Å². The third-order valence-corrected chi connectivity index (χ3v) is 7.42. The fraction of sp³-hybridized carbons (Fsp3) is 0.375. The third-order valence-electron chi connectivity index (χ3n) is 7.42. The van der Waals surface area contributed by atoms with Gasteiger partial charge in [-0.15, -0.1) is 0 Å². The van der Waals surface area contributed by atoms with Crippen LogP contribution in [0.2, 0.25) is 0 Å². The highest BCUT2D eigenvalue weighted by atomic mass is 16.6. The summed E-state index contributed by atoms with van der Waals surface area (Å²) in [6.45, 7) is 1.26. The lowest BCUT2D eigenvalue weighted by Crippen LogP contribution is -2.39. The number of aliphatic hydroxyl groups is 1. The average molecular weight is 530 g/mol. The molecule has 0 saturated heterocycles. The minimum Gasteiger partial charge on any atom is -0.410 e. The van der Waals surface area contributed by atoms with Crippen LogP contribution < -0.4 is 15.8 Å². The van der Waals surface area contributed by atoms with Gasteiger partial charge in [-0.1, -0.05) is 85.6 Å². The molecule has 1 aliphatic carbocycles. The van der Waals surface area contributed by atoms with Gasteiger partial charge < -0.3 is 25.8 Å². The van der Waals surface area contributed by atoms with Gasteiger partial charge in [0.25, 0.3) is 0 Å². The van der Waals surface area contributed by atoms with Crippen molar-refractivity contribution >= 4 is 12.0 Å². The van der Waals surface area contributed by atoms with E-state index in [-0.39, 0.29) is 24.3 Å². The average Bonchev–Trinajstić information content (AvgIpc) is 2.99. The number of hydrogen-bond acceptors (Lipinski definition) is 5. The second-order valence-corrected chi connectivity index (χ2v) is 10.1. The zero-order chi connectivity index (χ0) is 27.5. The Morgan fingerprint density at radius 3 is 2.28 bits per heavy atom. The zero-order valence-corrected chi connectivity index (χ0v) is 22.4. The molecule has 1 aliphatic rings. The van der Waals surface area contributed by atoms with Crippen LogP contribution in [0.15, 0.2) is 84.9 Å². The fourth-order valence-electron chi connectivity index (χ4n) is 5.30. The second kappa shape index (κ2) is 14.5. The first-order valence-corrected chi connectivity index (χ1v) is 13.9. The minimum absolute atomic E-state index is 0.0108. The number of amides is 2. The quantitative estimate of drug-likeness (QED) is 0.318. The number of nitrogens with zero attached hydrogens (tertiary/aromatic N) is 1. The van der Waals surface area contributed by atoms with Crippen molar-refractivity contribution in [2.24, 2.45) is 11.7 Å². The normalized spacial score (nSPS) is 17.7. The molecule has 3 aromatic rings. The number of carbonyl (C=O) groups is 2. The van der Waals surface area contributed by atoms with Gasteiger partial charge in [-0.05, 0) is 60.5 Å². The molecule has 2 amide bonds. The van der Waals surface area contributed by atoms with Crippen molar-refractivity contribution in [2.45, 2.75) is 50.6 Å². The third kappa shape index (κ3) is 7.91. The van der Waals surface area contributed by atoms with E-state index in [0.29, 0.717) is 31.8 Å². The number of hydrogen-bond donors (Lipinski definition) is 3. The number of carbonyl (C=O) groups excluding carboxylic acids is 2. The maximum Gasteiger partial charge on any atom is 0.415 e. The van der Waals surface area contributed by atoms with Crippen LogP contribution in [0.5, 0.6) is 5.75 Å². The minimum atomic E-state index is -0.418. The van der Waals surface area contributed by atoms with Gasteiger partial charge in [-0.25, -0.2) is 4.79 Å². The van der Waals surface area contributed by atoms with Gasteiger partial charge in [0, 0.05) is 19.0 Å². The lowest BCUT2D eigenvalue weighted by molar-refractivity contribution is -0.127. The van der Waals surface area contributed by atoms with Gasteiger partial charge in [-0.3, -0.25) is 4.79 Å². The van der Waals surface area contributed by atoms with Crippen molar-refractivity contribution in [3.05, 3.63) is 102 Å². The summed E-state index contributed by atoms with van der Waals surface area (Å²) < 4.78 is 5.56. The predicted octanol–water partition coefficient (Wildman–Crippen LogP) is 5.16. The summed E-state index contributed by atoms with van der Waals surface area (Å²) in [6, 6.07) is 26.4. The van der Waals surface area contributed by atoms with E-state index in [1.807, 2.05) is 60.7 Å². The largest absolute Gasteiger partial charge is 0.415 e. The molecule has 3 unspecified atom stereocenters. The smallest absolute Gasteiger partial charge is 0.410 e. The molecule has 7 heteroatoms. The highest BCUT2D eigenvalue weighted by Crippen LogP contribution is 2.38. The van der Waals surface area contributed by atoms with Crippen molar-refractivity contribution < 1.29 is 19.4 Å². The highest BCUT2D eigenvalue weighted by molar-refractivity contribution is 5.80. The number of ether oxygens (including phenoxy) is 1. The Balaban J connectivity index is 1.43. The molecule has 0 heterocycles. The molecule has 0 aliphatic heterocycles. The van der Waals surface area contributed by atoms with Crippen LogP contribution >= 0.6 is 0 Å². The Morgan fingerprint density at radius 1 is 0.949 bits per heavy atom. The van der Waals surface area contributed by atoms with E-state index in [0.717, 1.165) is 42.4 Å². The molecule has 3 atom stereocenters. The molecule has 206 valence electrons. The summed E-state index contributed by atoms with van der Waals surface area (Å²) in [5, 5.41) is 13.0. The molecular formula is C32H39N3O4. The SMILES string of the molecule is NCCCN(Cc1ccc(C2CCCCC2C(=O)NC(CO)c2ccccc2)cc1)C(=O)Oc1ccccc1. The molecule has 1 fully saturated rings. The predicted molar refractivity (Wildman–Crippen MR) is 152 cm³/mol. The Bertz CT molecular complexity index is 1170. The molecule has 0 aromatic heterocycles. The van der Waals surface area contributed by atoms with Crippen molar-refractivity contribution in [3.8, 4) is 5.75 Å². The summed E-state index contributed by atoms with van der Waals surface area (Å²) in [6.07, 6.45) is 4.14. The first kappa shape index (κ1) is 28.3. The van der Waals surface area contributed by atoms with Gasteiger partial charge in [0.1, 0.15) is 5.75 Å². The summed E-state index contributed by atoms with van der Waals surface area (Å²) >= 11 is 0. The molecule has 39 heavy (non-hydrogen) atoms.